The molecular formula is C16H14ClFO. The van der Waals surface area contributed by atoms with Crippen molar-refractivity contribution in [1.29, 1.82) is 0 Å². The van der Waals surface area contributed by atoms with Crippen LogP contribution in [0.3, 0.4) is 0 Å². The van der Waals surface area contributed by atoms with Crippen LogP contribution in [0.15, 0.2) is 36.4 Å². The monoisotopic (exact) mass is 276 g/mol. The summed E-state index contributed by atoms with van der Waals surface area (Å²) in [4.78, 5) is 0. The molecule has 0 saturated heterocycles. The van der Waals surface area contributed by atoms with Crippen molar-refractivity contribution in [3.05, 3.63) is 64.5 Å². The molecule has 0 radical (unpaired) electrons. The Kier molecular flexibility index (Phi) is 3.19. The lowest BCUT2D eigenvalue weighted by molar-refractivity contribution is 0.357. The molecule has 0 bridgehead atoms. The van der Waals surface area contributed by atoms with Gasteiger partial charge in [-0.3, -0.25) is 0 Å². The van der Waals surface area contributed by atoms with Crippen LogP contribution in [0, 0.1) is 12.7 Å². The lowest BCUT2D eigenvalue weighted by Gasteiger charge is -2.12. The average Bonchev–Trinajstić information content (AvgIpc) is 2.83. The van der Waals surface area contributed by atoms with Gasteiger partial charge < -0.3 is 4.74 Å². The van der Waals surface area contributed by atoms with Crippen molar-refractivity contribution in [3.8, 4) is 5.75 Å². The first kappa shape index (κ1) is 12.5. The maximum Gasteiger partial charge on any atom is 0.123 e. The van der Waals surface area contributed by atoms with E-state index in [-0.39, 0.29) is 11.2 Å². The maximum absolute atomic E-state index is 13.4. The lowest BCUT2D eigenvalue weighted by Crippen LogP contribution is -1.96. The van der Waals surface area contributed by atoms with Crippen LogP contribution < -0.4 is 4.74 Å². The summed E-state index contributed by atoms with van der Waals surface area (Å²) < 4.78 is 18.9. The van der Waals surface area contributed by atoms with E-state index in [0.29, 0.717) is 0 Å². The first-order valence-electron chi connectivity index (χ1n) is 6.30. The van der Waals surface area contributed by atoms with Gasteiger partial charge in [-0.15, -0.1) is 11.6 Å². The Morgan fingerprint density at radius 3 is 2.79 bits per heavy atom. The van der Waals surface area contributed by atoms with Crippen molar-refractivity contribution < 1.29 is 9.13 Å². The zero-order valence-electron chi connectivity index (χ0n) is 10.6. The van der Waals surface area contributed by atoms with E-state index in [1.165, 1.54) is 17.7 Å². The minimum absolute atomic E-state index is 0.245. The molecule has 0 spiro atoms. The summed E-state index contributed by atoms with van der Waals surface area (Å²) in [5.74, 6) is 0.688. The van der Waals surface area contributed by atoms with Crippen LogP contribution in [0.1, 0.15) is 27.6 Å². The predicted octanol–water partition coefficient (Wildman–Crippen LogP) is 4.40. The van der Waals surface area contributed by atoms with E-state index in [9.17, 15) is 4.39 Å². The zero-order valence-corrected chi connectivity index (χ0v) is 11.4. The van der Waals surface area contributed by atoms with Crippen molar-refractivity contribution in [1.82, 2.24) is 0 Å². The summed E-state index contributed by atoms with van der Waals surface area (Å²) in [5.41, 5.74) is 3.83. The largest absolute Gasteiger partial charge is 0.493 e. The molecule has 0 fully saturated rings. The molecule has 0 N–H and O–H groups in total. The number of benzene rings is 2. The van der Waals surface area contributed by atoms with Crippen LogP contribution in [0.4, 0.5) is 4.39 Å². The molecule has 2 aromatic carbocycles. The molecule has 1 unspecified atom stereocenters. The topological polar surface area (TPSA) is 9.23 Å². The van der Waals surface area contributed by atoms with Gasteiger partial charge in [0.2, 0.25) is 0 Å². The molecule has 0 amide bonds. The molecule has 1 nitrogen and oxygen atoms in total. The standard InChI is InChI=1S/C16H14ClFO/c1-10-6-13(9-14(18)7-10)16(17)12-2-3-15-11(8-12)4-5-19-15/h2-3,6-9,16H,4-5H2,1H3. The Hall–Kier alpha value is -1.54. The molecule has 0 aromatic heterocycles. The van der Waals surface area contributed by atoms with Gasteiger partial charge in [0.25, 0.3) is 0 Å². The molecular weight excluding hydrogens is 263 g/mol. The molecule has 1 aliphatic heterocycles. The fourth-order valence-corrected chi connectivity index (χ4v) is 2.73. The smallest absolute Gasteiger partial charge is 0.123 e. The number of hydrogen-bond acceptors (Lipinski definition) is 1. The highest BCUT2D eigenvalue weighted by atomic mass is 35.5. The molecule has 98 valence electrons. The van der Waals surface area contributed by atoms with Crippen molar-refractivity contribution in [2.45, 2.75) is 18.7 Å². The van der Waals surface area contributed by atoms with E-state index in [1.54, 1.807) is 0 Å². The van der Waals surface area contributed by atoms with E-state index in [4.69, 9.17) is 16.3 Å². The van der Waals surface area contributed by atoms with Gasteiger partial charge in [0.1, 0.15) is 11.6 Å². The first-order chi connectivity index (χ1) is 9.13. The quantitative estimate of drug-likeness (QED) is 0.739. The average molecular weight is 277 g/mol. The van der Waals surface area contributed by atoms with Crippen LogP contribution >= 0.6 is 11.6 Å². The number of ether oxygens (including phenoxy) is 1. The van der Waals surface area contributed by atoms with E-state index in [1.807, 2.05) is 25.1 Å². The third-order valence-electron chi connectivity index (χ3n) is 3.36. The number of rotatable bonds is 2. The van der Waals surface area contributed by atoms with E-state index in [2.05, 4.69) is 6.07 Å². The van der Waals surface area contributed by atoms with Gasteiger partial charge in [0.05, 0.1) is 12.0 Å². The van der Waals surface area contributed by atoms with Crippen LogP contribution in [0.25, 0.3) is 0 Å². The number of halogens is 2. The highest BCUT2D eigenvalue weighted by Gasteiger charge is 2.17. The van der Waals surface area contributed by atoms with Crippen LogP contribution in [-0.2, 0) is 6.42 Å². The second kappa shape index (κ2) is 4.86. The number of aryl methyl sites for hydroxylation is 1. The van der Waals surface area contributed by atoms with Crippen LogP contribution in [0.2, 0.25) is 0 Å². The summed E-state index contributed by atoms with van der Waals surface area (Å²) >= 11 is 6.47. The Balaban J connectivity index is 1.97. The summed E-state index contributed by atoms with van der Waals surface area (Å²) in [7, 11) is 0. The molecule has 1 aliphatic rings. The highest BCUT2D eigenvalue weighted by Crippen LogP contribution is 2.34. The second-order valence-corrected chi connectivity index (χ2v) is 5.33. The zero-order chi connectivity index (χ0) is 13.4. The highest BCUT2D eigenvalue weighted by molar-refractivity contribution is 6.22. The summed E-state index contributed by atoms with van der Waals surface area (Å²) in [6.07, 6.45) is 0.912. The van der Waals surface area contributed by atoms with Gasteiger partial charge in [-0.1, -0.05) is 18.2 Å². The minimum atomic E-state index is -0.333. The summed E-state index contributed by atoms with van der Waals surface area (Å²) in [5, 5.41) is -0.333. The molecule has 0 saturated carbocycles. The van der Waals surface area contributed by atoms with Crippen molar-refractivity contribution >= 4 is 11.6 Å². The van der Waals surface area contributed by atoms with E-state index in [0.717, 1.165) is 35.5 Å². The van der Waals surface area contributed by atoms with Crippen molar-refractivity contribution in [2.24, 2.45) is 0 Å². The lowest BCUT2D eigenvalue weighted by atomic mass is 10.00. The summed E-state index contributed by atoms with van der Waals surface area (Å²) in [6.45, 7) is 2.59. The van der Waals surface area contributed by atoms with Gasteiger partial charge >= 0.3 is 0 Å². The fraction of sp³-hybridized carbons (Fsp3) is 0.250. The molecule has 19 heavy (non-hydrogen) atoms. The predicted molar refractivity (Wildman–Crippen MR) is 74.5 cm³/mol. The molecule has 0 aliphatic carbocycles. The van der Waals surface area contributed by atoms with Gasteiger partial charge in [-0.2, -0.15) is 0 Å². The third-order valence-corrected chi connectivity index (χ3v) is 3.87. The van der Waals surface area contributed by atoms with Gasteiger partial charge in [0.15, 0.2) is 0 Å². The SMILES string of the molecule is Cc1cc(F)cc(C(Cl)c2ccc3c(c2)CCO3)c1. The fourth-order valence-electron chi connectivity index (χ4n) is 2.47. The molecule has 1 atom stereocenters. The number of alkyl halides is 1. The second-order valence-electron chi connectivity index (χ2n) is 4.89. The Labute approximate surface area is 117 Å². The Morgan fingerprint density at radius 1 is 1.16 bits per heavy atom. The van der Waals surface area contributed by atoms with Crippen molar-refractivity contribution in [3.63, 3.8) is 0 Å². The maximum atomic E-state index is 13.4. The van der Waals surface area contributed by atoms with Crippen molar-refractivity contribution in [2.75, 3.05) is 6.61 Å². The van der Waals surface area contributed by atoms with Gasteiger partial charge in [0, 0.05) is 6.42 Å². The molecule has 3 rings (SSSR count). The third kappa shape index (κ3) is 2.45. The van der Waals surface area contributed by atoms with Gasteiger partial charge in [-0.05, 0) is 47.4 Å². The van der Waals surface area contributed by atoms with E-state index < -0.39 is 0 Å². The minimum Gasteiger partial charge on any atom is -0.493 e. The number of fused-ring (bicyclic) bond motifs is 1. The van der Waals surface area contributed by atoms with Crippen LogP contribution in [-0.4, -0.2) is 6.61 Å². The summed E-state index contributed by atoms with van der Waals surface area (Å²) in [6, 6.07) is 10.9. The van der Waals surface area contributed by atoms with Crippen LogP contribution in [0.5, 0.6) is 5.75 Å². The molecule has 1 heterocycles. The Bertz CT molecular complexity index is 604. The van der Waals surface area contributed by atoms with E-state index >= 15 is 0 Å². The normalized spacial score (nSPS) is 14.9. The Morgan fingerprint density at radius 2 is 2.00 bits per heavy atom. The first-order valence-corrected chi connectivity index (χ1v) is 6.74. The number of hydrogen-bond donors (Lipinski definition) is 0. The van der Waals surface area contributed by atoms with Gasteiger partial charge in [-0.25, -0.2) is 4.39 Å². The molecule has 3 heteroatoms. The molecule has 2 aromatic rings.